The van der Waals surface area contributed by atoms with E-state index in [1.54, 1.807) is 11.3 Å². The van der Waals surface area contributed by atoms with Crippen LogP contribution in [0.2, 0.25) is 0 Å². The zero-order valence-corrected chi connectivity index (χ0v) is 12.1. The Balaban J connectivity index is 1.59. The van der Waals surface area contributed by atoms with E-state index in [0.717, 1.165) is 28.4 Å². The van der Waals surface area contributed by atoms with E-state index in [0.29, 0.717) is 13.2 Å². The maximum Gasteiger partial charge on any atom is 0.227 e. The van der Waals surface area contributed by atoms with Crippen molar-refractivity contribution in [1.82, 2.24) is 10.3 Å². The Morgan fingerprint density at radius 2 is 2.35 bits per heavy atom. The van der Waals surface area contributed by atoms with Crippen LogP contribution in [0.4, 0.5) is 0 Å². The highest BCUT2D eigenvalue weighted by molar-refractivity contribution is 7.09. The van der Waals surface area contributed by atoms with Gasteiger partial charge in [-0.1, -0.05) is 18.2 Å². The molecular weight excluding hydrogens is 272 g/mol. The lowest BCUT2D eigenvalue weighted by Crippen LogP contribution is -2.37. The molecule has 1 aromatic heterocycles. The summed E-state index contributed by atoms with van der Waals surface area (Å²) >= 11 is 1.57. The summed E-state index contributed by atoms with van der Waals surface area (Å²) in [5.74, 6) is 0.811. The highest BCUT2D eigenvalue weighted by Gasteiger charge is 2.25. The van der Waals surface area contributed by atoms with E-state index in [1.807, 2.05) is 36.6 Å². The third-order valence-electron chi connectivity index (χ3n) is 3.33. The lowest BCUT2D eigenvalue weighted by molar-refractivity contribution is -0.126. The van der Waals surface area contributed by atoms with Gasteiger partial charge in [-0.3, -0.25) is 4.79 Å². The van der Waals surface area contributed by atoms with Crippen molar-refractivity contribution in [3.63, 3.8) is 0 Å². The second kappa shape index (κ2) is 5.63. The Morgan fingerprint density at radius 1 is 1.50 bits per heavy atom. The van der Waals surface area contributed by atoms with E-state index < -0.39 is 0 Å². The summed E-state index contributed by atoms with van der Waals surface area (Å²) < 4.78 is 5.64. The molecule has 0 aliphatic carbocycles. The average Bonchev–Trinajstić information content (AvgIpc) is 2.90. The largest absolute Gasteiger partial charge is 0.492 e. The molecule has 0 saturated carbocycles. The van der Waals surface area contributed by atoms with Crippen molar-refractivity contribution in [2.24, 2.45) is 5.92 Å². The van der Waals surface area contributed by atoms with E-state index in [4.69, 9.17) is 4.74 Å². The zero-order chi connectivity index (χ0) is 13.9. The molecule has 2 aromatic rings. The number of aryl methyl sites for hydroxylation is 1. The number of ether oxygens (including phenoxy) is 1. The Labute approximate surface area is 121 Å². The van der Waals surface area contributed by atoms with Crippen LogP contribution in [0.5, 0.6) is 5.75 Å². The molecule has 1 atom stereocenters. The van der Waals surface area contributed by atoms with Crippen LogP contribution in [-0.2, 0) is 17.8 Å². The average molecular weight is 288 g/mol. The second-order valence-electron chi connectivity index (χ2n) is 4.92. The molecule has 20 heavy (non-hydrogen) atoms. The Morgan fingerprint density at radius 3 is 3.15 bits per heavy atom. The van der Waals surface area contributed by atoms with E-state index in [-0.39, 0.29) is 11.8 Å². The molecule has 3 rings (SSSR count). The number of hydrogen-bond donors (Lipinski definition) is 1. The van der Waals surface area contributed by atoms with Gasteiger partial charge in [0.2, 0.25) is 5.91 Å². The van der Waals surface area contributed by atoms with Crippen LogP contribution in [0.25, 0.3) is 0 Å². The number of thiazole rings is 1. The minimum Gasteiger partial charge on any atom is -0.492 e. The smallest absolute Gasteiger partial charge is 0.227 e. The molecule has 1 aromatic carbocycles. The van der Waals surface area contributed by atoms with E-state index >= 15 is 0 Å². The number of hydrogen-bond acceptors (Lipinski definition) is 4. The summed E-state index contributed by atoms with van der Waals surface area (Å²) in [6, 6.07) is 7.88. The number of aromatic nitrogens is 1. The lowest BCUT2D eigenvalue weighted by atomic mass is 9.96. The van der Waals surface area contributed by atoms with Crippen molar-refractivity contribution in [1.29, 1.82) is 0 Å². The quantitative estimate of drug-likeness (QED) is 0.943. The van der Waals surface area contributed by atoms with Crippen LogP contribution in [-0.4, -0.2) is 17.5 Å². The topological polar surface area (TPSA) is 51.2 Å². The van der Waals surface area contributed by atoms with Crippen molar-refractivity contribution in [2.45, 2.75) is 19.9 Å². The molecular formula is C15H16N2O2S. The molecule has 1 aliphatic rings. The van der Waals surface area contributed by atoms with E-state index in [1.165, 1.54) is 0 Å². The van der Waals surface area contributed by atoms with Crippen molar-refractivity contribution in [2.75, 3.05) is 6.61 Å². The third kappa shape index (κ3) is 2.82. The number of amides is 1. The first kappa shape index (κ1) is 13.1. The van der Waals surface area contributed by atoms with Gasteiger partial charge in [-0.15, -0.1) is 11.3 Å². The highest BCUT2D eigenvalue weighted by atomic mass is 32.1. The molecule has 4 nitrogen and oxygen atoms in total. The molecule has 0 bridgehead atoms. The first-order valence-electron chi connectivity index (χ1n) is 6.62. The van der Waals surface area contributed by atoms with Crippen LogP contribution < -0.4 is 10.1 Å². The minimum absolute atomic E-state index is 0.0346. The number of nitrogens with zero attached hydrogens (tertiary/aromatic N) is 1. The van der Waals surface area contributed by atoms with Crippen LogP contribution in [0.15, 0.2) is 29.6 Å². The molecule has 5 heteroatoms. The monoisotopic (exact) mass is 288 g/mol. The number of para-hydroxylation sites is 1. The number of carbonyl (C=O) groups is 1. The fourth-order valence-corrected chi connectivity index (χ4v) is 3.00. The summed E-state index contributed by atoms with van der Waals surface area (Å²) in [5.41, 5.74) is 2.10. The first-order chi connectivity index (χ1) is 9.72. The fraction of sp³-hybridized carbons (Fsp3) is 0.333. The predicted molar refractivity (Wildman–Crippen MR) is 77.8 cm³/mol. The molecule has 1 aliphatic heterocycles. The summed E-state index contributed by atoms with van der Waals surface area (Å²) in [7, 11) is 0. The maximum atomic E-state index is 12.2. The second-order valence-corrected chi connectivity index (χ2v) is 5.86. The maximum absolute atomic E-state index is 12.2. The molecule has 0 unspecified atom stereocenters. The SMILES string of the molecule is Cc1csc(CNC(=O)[C@@H]2COc3ccccc3C2)n1. The summed E-state index contributed by atoms with van der Waals surface area (Å²) in [6.45, 7) is 2.89. The molecule has 2 heterocycles. The molecule has 0 fully saturated rings. The van der Waals surface area contributed by atoms with Gasteiger partial charge >= 0.3 is 0 Å². The van der Waals surface area contributed by atoms with Crippen molar-refractivity contribution < 1.29 is 9.53 Å². The van der Waals surface area contributed by atoms with Gasteiger partial charge in [0.25, 0.3) is 0 Å². The highest BCUT2D eigenvalue weighted by Crippen LogP contribution is 2.26. The van der Waals surface area contributed by atoms with Gasteiger partial charge in [-0.05, 0) is 25.0 Å². The van der Waals surface area contributed by atoms with Crippen LogP contribution in [0, 0.1) is 12.8 Å². The van der Waals surface area contributed by atoms with Gasteiger partial charge in [-0.2, -0.15) is 0 Å². The van der Waals surface area contributed by atoms with Crippen LogP contribution in [0.3, 0.4) is 0 Å². The Hall–Kier alpha value is -1.88. The minimum atomic E-state index is -0.119. The van der Waals surface area contributed by atoms with Crippen LogP contribution in [0.1, 0.15) is 16.3 Å². The molecule has 0 radical (unpaired) electrons. The first-order valence-corrected chi connectivity index (χ1v) is 7.50. The third-order valence-corrected chi connectivity index (χ3v) is 4.30. The lowest BCUT2D eigenvalue weighted by Gasteiger charge is -2.24. The number of benzene rings is 1. The fourth-order valence-electron chi connectivity index (χ4n) is 2.29. The number of fused-ring (bicyclic) bond motifs is 1. The number of carbonyl (C=O) groups excluding carboxylic acids is 1. The summed E-state index contributed by atoms with van der Waals surface area (Å²) in [5, 5.41) is 5.87. The standard InChI is InChI=1S/C15H16N2O2S/c1-10-9-20-14(17-10)7-16-15(18)12-6-11-4-2-3-5-13(11)19-8-12/h2-5,9,12H,6-8H2,1H3,(H,16,18)/t12-/m0/s1. The molecule has 0 spiro atoms. The van der Waals surface area contributed by atoms with Crippen molar-refractivity contribution in [3.8, 4) is 5.75 Å². The van der Waals surface area contributed by atoms with Gasteiger partial charge < -0.3 is 10.1 Å². The van der Waals surface area contributed by atoms with E-state index in [2.05, 4.69) is 10.3 Å². The van der Waals surface area contributed by atoms with Crippen LogP contribution >= 0.6 is 11.3 Å². The Bertz CT molecular complexity index is 624. The van der Waals surface area contributed by atoms with Gasteiger partial charge in [-0.25, -0.2) is 4.98 Å². The summed E-state index contributed by atoms with van der Waals surface area (Å²) in [4.78, 5) is 16.5. The molecule has 104 valence electrons. The van der Waals surface area contributed by atoms with Gasteiger partial charge in [0.05, 0.1) is 12.5 Å². The summed E-state index contributed by atoms with van der Waals surface area (Å²) in [6.07, 6.45) is 0.735. The van der Waals surface area contributed by atoms with Gasteiger partial charge in [0, 0.05) is 11.1 Å². The molecule has 1 amide bonds. The number of nitrogens with one attached hydrogen (secondary N) is 1. The van der Waals surface area contributed by atoms with Crippen molar-refractivity contribution in [3.05, 3.63) is 45.9 Å². The zero-order valence-electron chi connectivity index (χ0n) is 11.3. The predicted octanol–water partition coefficient (Wildman–Crippen LogP) is 2.32. The molecule has 0 saturated heterocycles. The normalized spacial score (nSPS) is 17.1. The Kier molecular flexibility index (Phi) is 3.69. The molecule has 1 N–H and O–H groups in total. The van der Waals surface area contributed by atoms with E-state index in [9.17, 15) is 4.79 Å². The number of rotatable bonds is 3. The van der Waals surface area contributed by atoms with Crippen molar-refractivity contribution >= 4 is 17.2 Å². The van der Waals surface area contributed by atoms with Gasteiger partial charge in [0.1, 0.15) is 17.4 Å². The van der Waals surface area contributed by atoms with Gasteiger partial charge in [0.15, 0.2) is 0 Å².